The zero-order valence-electron chi connectivity index (χ0n) is 11.2. The molecule has 0 saturated heterocycles. The van der Waals surface area contributed by atoms with Gasteiger partial charge in [0.1, 0.15) is 0 Å². The second kappa shape index (κ2) is 5.72. The molecule has 1 aliphatic carbocycles. The van der Waals surface area contributed by atoms with Crippen LogP contribution >= 0.6 is 0 Å². The summed E-state index contributed by atoms with van der Waals surface area (Å²) in [5.41, 5.74) is 2.03. The van der Waals surface area contributed by atoms with Gasteiger partial charge in [-0.1, -0.05) is 25.0 Å². The number of hydrogen-bond donors (Lipinski definition) is 2. The number of anilines is 1. The van der Waals surface area contributed by atoms with E-state index in [0.29, 0.717) is 0 Å². The molecule has 3 heteroatoms. The first-order valence-corrected chi connectivity index (χ1v) is 6.78. The molecule has 18 heavy (non-hydrogen) atoms. The van der Waals surface area contributed by atoms with Crippen molar-refractivity contribution >= 4 is 5.69 Å². The van der Waals surface area contributed by atoms with Crippen molar-refractivity contribution in [3.8, 4) is 0 Å². The molecule has 1 saturated carbocycles. The van der Waals surface area contributed by atoms with Crippen molar-refractivity contribution in [2.24, 2.45) is 0 Å². The van der Waals surface area contributed by atoms with Gasteiger partial charge in [0.05, 0.1) is 18.2 Å². The van der Waals surface area contributed by atoms with E-state index in [4.69, 9.17) is 0 Å². The Morgan fingerprint density at radius 1 is 1.17 bits per heavy atom. The van der Waals surface area contributed by atoms with E-state index in [9.17, 15) is 10.2 Å². The molecule has 0 bridgehead atoms. The number of aliphatic hydroxyl groups is 2. The van der Waals surface area contributed by atoms with E-state index in [1.54, 1.807) is 6.92 Å². The van der Waals surface area contributed by atoms with Gasteiger partial charge in [-0.05, 0) is 37.5 Å². The van der Waals surface area contributed by atoms with Gasteiger partial charge in [-0.15, -0.1) is 0 Å². The Kier molecular flexibility index (Phi) is 4.25. The highest BCUT2D eigenvalue weighted by Crippen LogP contribution is 2.27. The number of rotatable bonds is 3. The number of likely N-dealkylation sites (N-methyl/N-ethyl adjacent to an activating group) is 1. The molecular weight excluding hydrogens is 226 g/mol. The summed E-state index contributed by atoms with van der Waals surface area (Å²) in [6, 6.07) is 8.15. The summed E-state index contributed by atoms with van der Waals surface area (Å²) < 4.78 is 0. The largest absolute Gasteiger partial charge is 0.391 e. The molecule has 1 fully saturated rings. The molecule has 1 aromatic rings. The highest BCUT2D eigenvalue weighted by Gasteiger charge is 2.26. The van der Waals surface area contributed by atoms with E-state index in [2.05, 4.69) is 4.90 Å². The molecule has 2 rings (SSSR count). The molecule has 0 radical (unpaired) electrons. The Bertz CT molecular complexity index is 375. The zero-order chi connectivity index (χ0) is 13.1. The molecule has 0 aliphatic heterocycles. The lowest BCUT2D eigenvalue weighted by atomic mass is 9.91. The number of aliphatic hydroxyl groups excluding tert-OH is 2. The number of hydrogen-bond acceptors (Lipinski definition) is 3. The minimum absolute atomic E-state index is 0.219. The Labute approximate surface area is 109 Å². The lowest BCUT2D eigenvalue weighted by molar-refractivity contribution is 0.106. The average molecular weight is 249 g/mol. The Morgan fingerprint density at radius 2 is 1.78 bits per heavy atom. The van der Waals surface area contributed by atoms with Crippen LogP contribution in [0.2, 0.25) is 0 Å². The maximum Gasteiger partial charge on any atom is 0.0761 e. The van der Waals surface area contributed by atoms with E-state index < -0.39 is 6.10 Å². The molecule has 0 heterocycles. The van der Waals surface area contributed by atoms with Crippen molar-refractivity contribution in [1.29, 1.82) is 0 Å². The maximum absolute atomic E-state index is 10.1. The van der Waals surface area contributed by atoms with Crippen LogP contribution < -0.4 is 4.90 Å². The Morgan fingerprint density at radius 3 is 2.33 bits per heavy atom. The predicted octanol–water partition coefficient (Wildman–Crippen LogP) is 2.48. The van der Waals surface area contributed by atoms with Crippen LogP contribution in [0.15, 0.2) is 24.3 Å². The molecule has 2 unspecified atom stereocenters. The van der Waals surface area contributed by atoms with Crippen molar-refractivity contribution in [2.45, 2.75) is 50.9 Å². The van der Waals surface area contributed by atoms with E-state index in [-0.39, 0.29) is 12.1 Å². The number of benzene rings is 1. The fraction of sp³-hybridized carbons (Fsp3) is 0.600. The number of nitrogens with zero attached hydrogens (tertiary/aromatic N) is 1. The van der Waals surface area contributed by atoms with Crippen LogP contribution in [0.4, 0.5) is 5.69 Å². The lowest BCUT2D eigenvalue weighted by Crippen LogP contribution is -2.43. The summed E-state index contributed by atoms with van der Waals surface area (Å²) in [5.74, 6) is 0. The molecule has 1 aromatic carbocycles. The van der Waals surface area contributed by atoms with Crippen molar-refractivity contribution in [1.82, 2.24) is 0 Å². The monoisotopic (exact) mass is 249 g/mol. The third-order valence-corrected chi connectivity index (χ3v) is 3.97. The van der Waals surface area contributed by atoms with Crippen LogP contribution in [0.25, 0.3) is 0 Å². The average Bonchev–Trinajstić information content (AvgIpc) is 2.38. The van der Waals surface area contributed by atoms with Crippen LogP contribution in [0, 0.1) is 0 Å². The zero-order valence-corrected chi connectivity index (χ0v) is 11.2. The normalized spacial score (nSPS) is 25.8. The summed E-state index contributed by atoms with van der Waals surface area (Å²) in [6.07, 6.45) is 3.63. The van der Waals surface area contributed by atoms with Gasteiger partial charge in [0, 0.05) is 12.7 Å². The molecule has 3 atom stereocenters. The van der Waals surface area contributed by atoms with E-state index in [1.807, 2.05) is 31.3 Å². The minimum Gasteiger partial charge on any atom is -0.391 e. The molecule has 3 nitrogen and oxygen atoms in total. The highest BCUT2D eigenvalue weighted by atomic mass is 16.3. The minimum atomic E-state index is -0.426. The first-order valence-electron chi connectivity index (χ1n) is 6.78. The smallest absolute Gasteiger partial charge is 0.0761 e. The fourth-order valence-corrected chi connectivity index (χ4v) is 2.72. The van der Waals surface area contributed by atoms with Crippen LogP contribution in [0.5, 0.6) is 0 Å². The Balaban J connectivity index is 2.10. The third kappa shape index (κ3) is 2.85. The van der Waals surface area contributed by atoms with E-state index in [1.165, 1.54) is 6.42 Å². The third-order valence-electron chi connectivity index (χ3n) is 3.97. The van der Waals surface area contributed by atoms with Crippen molar-refractivity contribution in [3.05, 3.63) is 29.8 Å². The summed E-state index contributed by atoms with van der Waals surface area (Å²) in [6.45, 7) is 1.77. The predicted molar refractivity (Wildman–Crippen MR) is 73.7 cm³/mol. The Hall–Kier alpha value is -1.06. The van der Waals surface area contributed by atoms with Gasteiger partial charge in [0.2, 0.25) is 0 Å². The molecule has 0 spiro atoms. The summed E-state index contributed by atoms with van der Waals surface area (Å²) >= 11 is 0. The topological polar surface area (TPSA) is 43.7 Å². The fourth-order valence-electron chi connectivity index (χ4n) is 2.72. The first kappa shape index (κ1) is 13.4. The van der Waals surface area contributed by atoms with Crippen LogP contribution in [0.1, 0.15) is 44.3 Å². The quantitative estimate of drug-likeness (QED) is 0.865. The molecule has 0 aromatic heterocycles. The lowest BCUT2D eigenvalue weighted by Gasteiger charge is -2.36. The van der Waals surface area contributed by atoms with Gasteiger partial charge in [0.15, 0.2) is 0 Å². The van der Waals surface area contributed by atoms with Crippen molar-refractivity contribution in [2.75, 3.05) is 11.9 Å². The molecule has 1 aliphatic rings. The van der Waals surface area contributed by atoms with Crippen molar-refractivity contribution < 1.29 is 10.2 Å². The SMILES string of the molecule is C[C@@H](O)c1ccc(N(C)C2CCCCC2O)cc1. The van der Waals surface area contributed by atoms with Gasteiger partial charge in [-0.3, -0.25) is 0 Å². The van der Waals surface area contributed by atoms with Crippen molar-refractivity contribution in [3.63, 3.8) is 0 Å². The second-order valence-electron chi connectivity index (χ2n) is 5.30. The van der Waals surface area contributed by atoms with Gasteiger partial charge < -0.3 is 15.1 Å². The van der Waals surface area contributed by atoms with E-state index >= 15 is 0 Å². The second-order valence-corrected chi connectivity index (χ2v) is 5.30. The van der Waals surface area contributed by atoms with Gasteiger partial charge >= 0.3 is 0 Å². The molecule has 100 valence electrons. The van der Waals surface area contributed by atoms with Crippen LogP contribution in [-0.4, -0.2) is 29.4 Å². The van der Waals surface area contributed by atoms with Crippen LogP contribution in [-0.2, 0) is 0 Å². The van der Waals surface area contributed by atoms with E-state index in [0.717, 1.165) is 30.5 Å². The van der Waals surface area contributed by atoms with Gasteiger partial charge in [0.25, 0.3) is 0 Å². The van der Waals surface area contributed by atoms with Gasteiger partial charge in [-0.25, -0.2) is 0 Å². The molecule has 0 amide bonds. The molecule has 2 N–H and O–H groups in total. The molecular formula is C15H23NO2. The summed E-state index contributed by atoms with van der Waals surface area (Å²) in [7, 11) is 2.04. The highest BCUT2D eigenvalue weighted by molar-refractivity contribution is 5.48. The summed E-state index contributed by atoms with van der Waals surface area (Å²) in [5, 5.41) is 19.6. The maximum atomic E-state index is 10.1. The van der Waals surface area contributed by atoms with Gasteiger partial charge in [-0.2, -0.15) is 0 Å². The first-order chi connectivity index (χ1) is 8.59. The van der Waals surface area contributed by atoms with Crippen LogP contribution in [0.3, 0.4) is 0 Å². The standard InChI is InChI=1S/C15H23NO2/c1-11(17)12-7-9-13(10-8-12)16(2)14-5-3-4-6-15(14)18/h7-11,14-15,17-18H,3-6H2,1-2H3/t11-,14?,15?/m1/s1. The summed E-state index contributed by atoms with van der Waals surface area (Å²) in [4.78, 5) is 2.16.